The van der Waals surface area contributed by atoms with Crippen molar-refractivity contribution in [3.05, 3.63) is 53.9 Å². The highest BCUT2D eigenvalue weighted by Crippen LogP contribution is 2.29. The number of benzene rings is 1. The molecule has 8 nitrogen and oxygen atoms in total. The summed E-state index contributed by atoms with van der Waals surface area (Å²) in [4.78, 5) is 11.3. The van der Waals surface area contributed by atoms with Gasteiger partial charge in [0.05, 0.1) is 24.4 Å². The number of pyridine rings is 2. The number of nitrogens with one attached hydrogen (secondary N) is 1. The molecule has 8 heteroatoms. The first-order valence-electron chi connectivity index (χ1n) is 11.5. The van der Waals surface area contributed by atoms with Crippen molar-refractivity contribution >= 4 is 10.9 Å². The zero-order chi connectivity index (χ0) is 22.6. The fourth-order valence-electron chi connectivity index (χ4n) is 4.54. The number of aromatic nitrogens is 2. The number of methoxy groups -OCH3 is 1. The quantitative estimate of drug-likeness (QED) is 0.568. The molecular formula is C25H30N4O4. The van der Waals surface area contributed by atoms with E-state index in [4.69, 9.17) is 14.2 Å². The first-order chi connectivity index (χ1) is 16.2. The molecule has 33 heavy (non-hydrogen) atoms. The van der Waals surface area contributed by atoms with Crippen molar-refractivity contribution in [2.45, 2.75) is 31.5 Å². The van der Waals surface area contributed by atoms with Gasteiger partial charge in [0.25, 0.3) is 5.88 Å². The molecule has 0 bridgehead atoms. The van der Waals surface area contributed by atoms with Crippen LogP contribution in [0.5, 0.6) is 17.4 Å². The van der Waals surface area contributed by atoms with Crippen molar-refractivity contribution in [3.63, 3.8) is 0 Å². The molecule has 1 atom stereocenters. The summed E-state index contributed by atoms with van der Waals surface area (Å²) in [5, 5.41) is 15.5. The van der Waals surface area contributed by atoms with Crippen LogP contribution in [0.25, 0.3) is 10.9 Å². The van der Waals surface area contributed by atoms with E-state index in [2.05, 4.69) is 20.2 Å². The number of nitrogens with zero attached hydrogens (tertiary/aromatic N) is 3. The Morgan fingerprint density at radius 1 is 1.15 bits per heavy atom. The van der Waals surface area contributed by atoms with E-state index in [9.17, 15) is 5.11 Å². The van der Waals surface area contributed by atoms with E-state index in [0.717, 1.165) is 59.6 Å². The van der Waals surface area contributed by atoms with Gasteiger partial charge in [-0.25, -0.2) is 4.98 Å². The van der Waals surface area contributed by atoms with Crippen molar-refractivity contribution < 1.29 is 19.3 Å². The van der Waals surface area contributed by atoms with Crippen LogP contribution in [0.3, 0.4) is 0 Å². The fraction of sp³-hybridized carbons (Fsp3) is 0.440. The number of fused-ring (bicyclic) bond motifs is 2. The monoisotopic (exact) mass is 450 g/mol. The summed E-state index contributed by atoms with van der Waals surface area (Å²) in [5.74, 6) is 2.08. The van der Waals surface area contributed by atoms with Gasteiger partial charge in [-0.05, 0) is 67.9 Å². The molecule has 3 aromatic rings. The first kappa shape index (κ1) is 21.9. The number of ether oxygens (including phenoxy) is 3. The summed E-state index contributed by atoms with van der Waals surface area (Å²) < 4.78 is 16.5. The molecule has 2 aliphatic rings. The molecule has 2 N–H and O–H groups in total. The molecule has 1 fully saturated rings. The van der Waals surface area contributed by atoms with E-state index in [-0.39, 0.29) is 0 Å². The van der Waals surface area contributed by atoms with Crippen molar-refractivity contribution in [1.82, 2.24) is 20.2 Å². The Morgan fingerprint density at radius 3 is 2.85 bits per heavy atom. The van der Waals surface area contributed by atoms with Crippen molar-refractivity contribution in [3.8, 4) is 17.4 Å². The van der Waals surface area contributed by atoms with E-state index in [1.165, 1.54) is 0 Å². The highest BCUT2D eigenvalue weighted by molar-refractivity contribution is 5.83. The lowest BCUT2D eigenvalue weighted by Gasteiger charge is -2.33. The summed E-state index contributed by atoms with van der Waals surface area (Å²) in [6.45, 7) is 4.31. The van der Waals surface area contributed by atoms with Gasteiger partial charge in [0, 0.05) is 30.7 Å². The number of aliphatic hydroxyl groups excluding tert-OH is 1. The van der Waals surface area contributed by atoms with Crippen LogP contribution in [-0.2, 0) is 6.54 Å². The average Bonchev–Trinajstić information content (AvgIpc) is 2.87. The maximum absolute atomic E-state index is 11.0. The minimum Gasteiger partial charge on any atom is -0.497 e. The molecule has 0 aliphatic carbocycles. The van der Waals surface area contributed by atoms with E-state index in [1.54, 1.807) is 13.3 Å². The number of likely N-dealkylation sites (tertiary alicyclic amines) is 1. The van der Waals surface area contributed by atoms with E-state index in [1.807, 2.05) is 36.4 Å². The lowest BCUT2D eigenvalue weighted by Crippen LogP contribution is -2.43. The molecule has 1 unspecified atom stereocenters. The Morgan fingerprint density at radius 2 is 2.00 bits per heavy atom. The Labute approximate surface area is 193 Å². The molecule has 5 rings (SSSR count). The maximum Gasteiger partial charge on any atom is 0.257 e. The van der Waals surface area contributed by atoms with Crippen molar-refractivity contribution in [2.24, 2.45) is 0 Å². The maximum atomic E-state index is 11.0. The van der Waals surface area contributed by atoms with Crippen LogP contribution in [0, 0.1) is 0 Å². The molecule has 0 saturated carbocycles. The Balaban J connectivity index is 1.14. The van der Waals surface area contributed by atoms with Crippen molar-refractivity contribution in [1.29, 1.82) is 0 Å². The van der Waals surface area contributed by atoms with Crippen molar-refractivity contribution in [2.75, 3.05) is 40.0 Å². The minimum atomic E-state index is -0.575. The normalized spacial score (nSPS) is 17.8. The number of β-amino-alcohol motifs (C(OH)–C–C–N with tert-alkyl or cyclic N) is 1. The lowest BCUT2D eigenvalue weighted by atomic mass is 10.0. The number of hydrogen-bond donors (Lipinski definition) is 2. The van der Waals surface area contributed by atoms with Crippen LogP contribution in [0.2, 0.25) is 0 Å². The van der Waals surface area contributed by atoms with Crippen LogP contribution < -0.4 is 19.5 Å². The lowest BCUT2D eigenvalue weighted by molar-refractivity contribution is 0.0948. The van der Waals surface area contributed by atoms with Crippen LogP contribution in [0.15, 0.2) is 42.6 Å². The van der Waals surface area contributed by atoms with Gasteiger partial charge in [0.2, 0.25) is 0 Å². The topological polar surface area (TPSA) is 89.0 Å². The Kier molecular flexibility index (Phi) is 6.57. The van der Waals surface area contributed by atoms with Gasteiger partial charge in [-0.3, -0.25) is 4.98 Å². The molecule has 1 aromatic carbocycles. The van der Waals surface area contributed by atoms with Gasteiger partial charge >= 0.3 is 0 Å². The second kappa shape index (κ2) is 9.91. The molecule has 2 aromatic heterocycles. The number of hydrogen-bond acceptors (Lipinski definition) is 8. The zero-order valence-electron chi connectivity index (χ0n) is 18.9. The molecule has 0 spiro atoms. The van der Waals surface area contributed by atoms with Gasteiger partial charge in [-0.1, -0.05) is 0 Å². The first-order valence-corrected chi connectivity index (χ1v) is 11.5. The third-order valence-corrected chi connectivity index (χ3v) is 6.39. The zero-order valence-corrected chi connectivity index (χ0v) is 18.9. The second-order valence-corrected chi connectivity index (χ2v) is 8.56. The molecule has 0 amide bonds. The summed E-state index contributed by atoms with van der Waals surface area (Å²) in [5.41, 5.74) is 2.71. The third kappa shape index (κ3) is 5.03. The SMILES string of the molecule is COc1ccc2nccc(C(O)CN3CCC(NCc4ccc5c(n4)OCCO5)CC3)c2c1. The third-order valence-electron chi connectivity index (χ3n) is 6.39. The number of aliphatic hydroxyl groups is 1. The Bertz CT molecular complexity index is 1100. The largest absolute Gasteiger partial charge is 0.497 e. The predicted molar refractivity (Wildman–Crippen MR) is 125 cm³/mol. The smallest absolute Gasteiger partial charge is 0.257 e. The number of piperidine rings is 1. The van der Waals surface area contributed by atoms with Gasteiger partial charge < -0.3 is 29.5 Å². The predicted octanol–water partition coefficient (Wildman–Crippen LogP) is 2.70. The highest BCUT2D eigenvalue weighted by Gasteiger charge is 2.23. The van der Waals surface area contributed by atoms with Gasteiger partial charge in [-0.2, -0.15) is 0 Å². The van der Waals surface area contributed by atoms with Crippen LogP contribution >= 0.6 is 0 Å². The van der Waals surface area contributed by atoms with E-state index in [0.29, 0.717) is 38.2 Å². The summed E-state index contributed by atoms with van der Waals surface area (Å²) in [6, 6.07) is 12.0. The van der Waals surface area contributed by atoms with Crippen LogP contribution in [0.1, 0.15) is 30.2 Å². The molecule has 2 aliphatic heterocycles. The second-order valence-electron chi connectivity index (χ2n) is 8.56. The fourth-order valence-corrected chi connectivity index (χ4v) is 4.54. The summed E-state index contributed by atoms with van der Waals surface area (Å²) >= 11 is 0. The van der Waals surface area contributed by atoms with Gasteiger partial charge in [-0.15, -0.1) is 0 Å². The molecule has 174 valence electrons. The molecule has 4 heterocycles. The van der Waals surface area contributed by atoms with Crippen LogP contribution in [0.4, 0.5) is 0 Å². The van der Waals surface area contributed by atoms with E-state index < -0.39 is 6.10 Å². The standard InChI is InChI=1S/C25H30N4O4/c1-31-19-3-4-22-21(14-19)20(6-9-26-22)23(30)16-29-10-7-17(8-11-29)27-15-18-2-5-24-25(28-18)33-13-12-32-24/h2-6,9,14,17,23,27,30H,7-8,10-13,15-16H2,1H3. The minimum absolute atomic E-state index is 0.430. The summed E-state index contributed by atoms with van der Waals surface area (Å²) in [7, 11) is 1.65. The Hall–Kier alpha value is -2.94. The van der Waals surface area contributed by atoms with Gasteiger partial charge in [0.15, 0.2) is 5.75 Å². The molecule has 1 saturated heterocycles. The number of rotatable bonds is 7. The summed E-state index contributed by atoms with van der Waals surface area (Å²) in [6.07, 6.45) is 3.24. The van der Waals surface area contributed by atoms with Crippen LogP contribution in [-0.4, -0.2) is 66.0 Å². The van der Waals surface area contributed by atoms with Gasteiger partial charge in [0.1, 0.15) is 19.0 Å². The average molecular weight is 451 g/mol. The molecular weight excluding hydrogens is 420 g/mol. The highest BCUT2D eigenvalue weighted by atomic mass is 16.6. The molecule has 0 radical (unpaired) electrons. The van der Waals surface area contributed by atoms with E-state index >= 15 is 0 Å².